The van der Waals surface area contributed by atoms with Gasteiger partial charge in [-0.25, -0.2) is 4.39 Å². The van der Waals surface area contributed by atoms with Crippen LogP contribution < -0.4 is 5.73 Å². The molecule has 1 rings (SSSR count). The summed E-state index contributed by atoms with van der Waals surface area (Å²) >= 11 is 0. The Balaban J connectivity index is 2.38. The van der Waals surface area contributed by atoms with Gasteiger partial charge in [0.1, 0.15) is 5.82 Å². The van der Waals surface area contributed by atoms with E-state index in [2.05, 4.69) is 11.8 Å². The van der Waals surface area contributed by atoms with E-state index in [1.165, 1.54) is 38.2 Å². The van der Waals surface area contributed by atoms with Crippen LogP contribution in [-0.2, 0) is 6.54 Å². The molecule has 0 fully saturated rings. The Bertz CT molecular complexity index is 368. The van der Waals surface area contributed by atoms with Gasteiger partial charge in [0.25, 0.3) is 0 Å². The van der Waals surface area contributed by atoms with Crippen LogP contribution in [0.2, 0.25) is 0 Å². The van der Waals surface area contributed by atoms with Crippen LogP contribution in [0, 0.1) is 5.82 Å². The number of nitrogens with two attached hydrogens (primary N) is 1. The van der Waals surface area contributed by atoms with Gasteiger partial charge in [0.2, 0.25) is 0 Å². The van der Waals surface area contributed by atoms with E-state index in [1.807, 2.05) is 19.2 Å². The molecule has 2 nitrogen and oxygen atoms in total. The lowest BCUT2D eigenvalue weighted by molar-refractivity contribution is 0.220. The molecule has 0 aromatic heterocycles. The fourth-order valence-electron chi connectivity index (χ4n) is 2.53. The fourth-order valence-corrected chi connectivity index (χ4v) is 2.53. The first kappa shape index (κ1) is 17.1. The predicted molar refractivity (Wildman–Crippen MR) is 84.1 cm³/mol. The van der Waals surface area contributed by atoms with E-state index in [0.717, 1.165) is 12.0 Å². The second-order valence-electron chi connectivity index (χ2n) is 5.60. The summed E-state index contributed by atoms with van der Waals surface area (Å²) in [7, 11) is 2.04. The Labute approximate surface area is 123 Å². The largest absolute Gasteiger partial charge is 0.329 e. The lowest BCUT2D eigenvalue weighted by Crippen LogP contribution is -2.37. The molecule has 0 spiro atoms. The van der Waals surface area contributed by atoms with Gasteiger partial charge >= 0.3 is 0 Å². The van der Waals surface area contributed by atoms with Gasteiger partial charge in [-0.05, 0) is 19.5 Å². The van der Waals surface area contributed by atoms with Crippen molar-refractivity contribution in [2.45, 2.75) is 58.0 Å². The molecule has 0 saturated heterocycles. The molecular formula is C17H29FN2. The van der Waals surface area contributed by atoms with Gasteiger partial charge < -0.3 is 5.73 Å². The van der Waals surface area contributed by atoms with Gasteiger partial charge in [-0.3, -0.25) is 4.90 Å². The highest BCUT2D eigenvalue weighted by Gasteiger charge is 2.14. The van der Waals surface area contributed by atoms with Gasteiger partial charge in [-0.2, -0.15) is 0 Å². The zero-order valence-corrected chi connectivity index (χ0v) is 12.9. The fraction of sp³-hybridized carbons (Fsp3) is 0.647. The third-order valence-electron chi connectivity index (χ3n) is 3.91. The van der Waals surface area contributed by atoms with Crippen LogP contribution in [0.1, 0.15) is 51.0 Å². The van der Waals surface area contributed by atoms with Crippen LogP contribution in [0.25, 0.3) is 0 Å². The van der Waals surface area contributed by atoms with Crippen molar-refractivity contribution in [3.63, 3.8) is 0 Å². The van der Waals surface area contributed by atoms with E-state index < -0.39 is 0 Å². The highest BCUT2D eigenvalue weighted by atomic mass is 19.1. The molecule has 0 aliphatic rings. The molecule has 2 N–H and O–H groups in total. The number of unbranched alkanes of at least 4 members (excludes halogenated alkanes) is 4. The number of rotatable bonds is 10. The van der Waals surface area contributed by atoms with Crippen molar-refractivity contribution in [1.29, 1.82) is 0 Å². The summed E-state index contributed by atoms with van der Waals surface area (Å²) in [6, 6.07) is 7.32. The van der Waals surface area contributed by atoms with Crippen molar-refractivity contribution < 1.29 is 4.39 Å². The van der Waals surface area contributed by atoms with E-state index in [9.17, 15) is 4.39 Å². The average Bonchev–Trinajstić information content (AvgIpc) is 2.45. The molecule has 20 heavy (non-hydrogen) atoms. The van der Waals surface area contributed by atoms with Crippen LogP contribution in [0.4, 0.5) is 4.39 Å². The molecule has 0 aliphatic heterocycles. The highest BCUT2D eigenvalue weighted by Crippen LogP contribution is 2.14. The van der Waals surface area contributed by atoms with Gasteiger partial charge in [-0.1, -0.05) is 57.2 Å². The van der Waals surface area contributed by atoms with E-state index >= 15 is 0 Å². The second-order valence-corrected chi connectivity index (χ2v) is 5.60. The third kappa shape index (κ3) is 6.02. The van der Waals surface area contributed by atoms with Gasteiger partial charge in [0.15, 0.2) is 0 Å². The Morgan fingerprint density at radius 1 is 1.15 bits per heavy atom. The Morgan fingerprint density at radius 2 is 1.85 bits per heavy atom. The molecule has 0 aliphatic carbocycles. The number of nitrogens with zero attached hydrogens (tertiary/aromatic N) is 1. The maximum absolute atomic E-state index is 13.7. The van der Waals surface area contributed by atoms with Crippen molar-refractivity contribution in [3.8, 4) is 0 Å². The second kappa shape index (κ2) is 9.89. The zero-order chi connectivity index (χ0) is 14.8. The van der Waals surface area contributed by atoms with Crippen molar-refractivity contribution in [2.75, 3.05) is 13.6 Å². The van der Waals surface area contributed by atoms with Crippen molar-refractivity contribution in [1.82, 2.24) is 4.90 Å². The summed E-state index contributed by atoms with van der Waals surface area (Å²) in [5.74, 6) is -0.127. The summed E-state index contributed by atoms with van der Waals surface area (Å²) in [4.78, 5) is 2.18. The Morgan fingerprint density at radius 3 is 2.50 bits per heavy atom. The van der Waals surface area contributed by atoms with Crippen LogP contribution >= 0.6 is 0 Å². The Kier molecular flexibility index (Phi) is 8.47. The normalized spacial score (nSPS) is 12.8. The van der Waals surface area contributed by atoms with Crippen molar-refractivity contribution in [2.24, 2.45) is 5.73 Å². The lowest BCUT2D eigenvalue weighted by atomic mass is 10.0. The van der Waals surface area contributed by atoms with E-state index in [-0.39, 0.29) is 5.82 Å². The molecule has 0 bridgehead atoms. The summed E-state index contributed by atoms with van der Waals surface area (Å²) in [5, 5.41) is 0. The maximum atomic E-state index is 13.7. The molecule has 114 valence electrons. The molecule has 1 atom stereocenters. The van der Waals surface area contributed by atoms with Crippen LogP contribution in [0.3, 0.4) is 0 Å². The van der Waals surface area contributed by atoms with E-state index in [1.54, 1.807) is 6.07 Å². The van der Waals surface area contributed by atoms with Crippen molar-refractivity contribution >= 4 is 0 Å². The minimum atomic E-state index is -0.127. The van der Waals surface area contributed by atoms with E-state index in [0.29, 0.717) is 19.1 Å². The van der Waals surface area contributed by atoms with Gasteiger partial charge in [0, 0.05) is 24.7 Å². The monoisotopic (exact) mass is 280 g/mol. The lowest BCUT2D eigenvalue weighted by Gasteiger charge is -2.27. The van der Waals surface area contributed by atoms with Crippen LogP contribution in [0.5, 0.6) is 0 Å². The summed E-state index contributed by atoms with van der Waals surface area (Å²) in [6.07, 6.45) is 7.49. The molecule has 1 unspecified atom stereocenters. The summed E-state index contributed by atoms with van der Waals surface area (Å²) in [6.45, 7) is 3.49. The maximum Gasteiger partial charge on any atom is 0.127 e. The van der Waals surface area contributed by atoms with Crippen molar-refractivity contribution in [3.05, 3.63) is 35.6 Å². The molecule has 0 radical (unpaired) electrons. The van der Waals surface area contributed by atoms with E-state index in [4.69, 9.17) is 5.73 Å². The number of hydrogen-bond acceptors (Lipinski definition) is 2. The molecule has 0 heterocycles. The Hall–Kier alpha value is -0.930. The summed E-state index contributed by atoms with van der Waals surface area (Å²) in [5.41, 5.74) is 6.62. The molecule has 1 aromatic rings. The smallest absolute Gasteiger partial charge is 0.127 e. The van der Waals surface area contributed by atoms with Gasteiger partial charge in [0.05, 0.1) is 0 Å². The van der Waals surface area contributed by atoms with Crippen LogP contribution in [-0.4, -0.2) is 24.5 Å². The first-order valence-electron chi connectivity index (χ1n) is 7.82. The molecule has 3 heteroatoms. The molecular weight excluding hydrogens is 251 g/mol. The first-order chi connectivity index (χ1) is 9.69. The van der Waals surface area contributed by atoms with Crippen LogP contribution in [0.15, 0.2) is 24.3 Å². The number of likely N-dealkylation sites (N-methyl/N-ethyl adjacent to an activating group) is 1. The molecule has 0 amide bonds. The quantitative estimate of drug-likeness (QED) is 0.658. The third-order valence-corrected chi connectivity index (χ3v) is 3.91. The standard InChI is InChI=1S/C17H29FN2/c1-3-4-5-6-7-11-16(13-19)20(2)14-15-10-8-9-12-17(15)18/h8-10,12,16H,3-7,11,13-14,19H2,1-2H3. The minimum Gasteiger partial charge on any atom is -0.329 e. The highest BCUT2D eigenvalue weighted by molar-refractivity contribution is 5.17. The number of halogens is 1. The number of benzene rings is 1. The predicted octanol–water partition coefficient (Wildman–Crippen LogP) is 3.95. The molecule has 0 saturated carbocycles. The molecule has 1 aromatic carbocycles. The minimum absolute atomic E-state index is 0.127. The summed E-state index contributed by atoms with van der Waals surface area (Å²) < 4.78 is 13.7. The average molecular weight is 280 g/mol. The zero-order valence-electron chi connectivity index (χ0n) is 12.9. The first-order valence-corrected chi connectivity index (χ1v) is 7.82. The van der Waals surface area contributed by atoms with Gasteiger partial charge in [-0.15, -0.1) is 0 Å². The topological polar surface area (TPSA) is 29.3 Å². The number of hydrogen-bond donors (Lipinski definition) is 1. The SMILES string of the molecule is CCCCCCCC(CN)N(C)Cc1ccccc1F.